The normalized spacial score (nSPS) is 29.5. The molecule has 0 bridgehead atoms. The van der Waals surface area contributed by atoms with Gasteiger partial charge in [-0.1, -0.05) is 0 Å². The number of nitrogens with zero attached hydrogens (tertiary/aromatic N) is 1. The maximum Gasteiger partial charge on any atom is 1.00 e. The molecule has 6 N–H and O–H groups in total. The molecule has 1 aliphatic rings. The molecule has 14 nitrogen and oxygen atoms in total. The van der Waals surface area contributed by atoms with Crippen molar-refractivity contribution in [2.45, 2.75) is 24.5 Å². The lowest BCUT2D eigenvalue weighted by Gasteiger charge is -2.17. The SMILES string of the molecule is O=c1ccn([C@@H]2O[C@H](COP(=O)(O)OP(=O)(O)O)[C@@H](O)[C@H]2O)c(=O)[nH]1.[H+]. The number of ether oxygens (including phenoxy) is 1. The van der Waals surface area contributed by atoms with Crippen molar-refractivity contribution >= 4 is 15.6 Å². The van der Waals surface area contributed by atoms with Crippen LogP contribution in [0.4, 0.5) is 0 Å². The standard InChI is InChI=1S/C9H14N2O12P2/c12-5-1-2-11(9(15)10-5)8-7(14)6(13)4(22-8)3-21-25(19,20)23-24(16,17)18/h1-2,4,6-8,13-14H,3H2,(H,19,20)(H,10,12,15)(H2,16,17,18)/p+1/t4-,6-,7-,8-/m1/s1. The van der Waals surface area contributed by atoms with Crippen LogP contribution in [0.5, 0.6) is 0 Å². The second-order valence-corrected chi connectivity index (χ2v) is 7.73. The number of aromatic nitrogens is 2. The lowest BCUT2D eigenvalue weighted by molar-refractivity contribution is -0.0542. The minimum atomic E-state index is -5.32. The van der Waals surface area contributed by atoms with Crippen LogP contribution in [0.2, 0.25) is 0 Å². The van der Waals surface area contributed by atoms with E-state index in [0.717, 1.165) is 16.8 Å². The molecule has 0 amide bonds. The highest BCUT2D eigenvalue weighted by atomic mass is 31.3. The van der Waals surface area contributed by atoms with Gasteiger partial charge >= 0.3 is 22.8 Å². The fraction of sp³-hybridized carbons (Fsp3) is 0.556. The fourth-order valence-corrected chi connectivity index (χ4v) is 3.65. The van der Waals surface area contributed by atoms with Crippen LogP contribution in [0, 0.1) is 0 Å². The van der Waals surface area contributed by atoms with Crippen molar-refractivity contribution in [3.8, 4) is 0 Å². The van der Waals surface area contributed by atoms with E-state index in [4.69, 9.17) is 19.4 Å². The average molecular weight is 405 g/mol. The molecule has 0 aliphatic carbocycles. The summed E-state index contributed by atoms with van der Waals surface area (Å²) in [5.41, 5.74) is -1.65. The van der Waals surface area contributed by atoms with Gasteiger partial charge < -0.3 is 29.6 Å². The van der Waals surface area contributed by atoms with Gasteiger partial charge in [0.15, 0.2) is 6.23 Å². The molecule has 1 fully saturated rings. The number of nitrogens with one attached hydrogen (secondary N) is 1. The van der Waals surface area contributed by atoms with Crippen LogP contribution in [-0.4, -0.2) is 59.4 Å². The monoisotopic (exact) mass is 405 g/mol. The van der Waals surface area contributed by atoms with Crippen LogP contribution in [0.3, 0.4) is 0 Å². The molecule has 2 rings (SSSR count). The van der Waals surface area contributed by atoms with E-state index in [1.807, 2.05) is 4.98 Å². The molecule has 0 aromatic carbocycles. The highest BCUT2D eigenvalue weighted by Gasteiger charge is 2.45. The van der Waals surface area contributed by atoms with Gasteiger partial charge in [0.1, 0.15) is 18.3 Å². The first kappa shape index (κ1) is 20.1. The van der Waals surface area contributed by atoms with Gasteiger partial charge in [-0.25, -0.2) is 13.9 Å². The summed E-state index contributed by atoms with van der Waals surface area (Å²) in [6.45, 7) is -0.902. The smallest absolute Gasteiger partial charge is 0.387 e. The van der Waals surface area contributed by atoms with Crippen molar-refractivity contribution in [3.05, 3.63) is 33.1 Å². The molecule has 142 valence electrons. The van der Waals surface area contributed by atoms with E-state index in [1.54, 1.807) is 0 Å². The Bertz CT molecular complexity index is 834. The van der Waals surface area contributed by atoms with Crippen LogP contribution in [-0.2, 0) is 22.7 Å². The lowest BCUT2D eigenvalue weighted by atomic mass is 10.1. The summed E-state index contributed by atoms with van der Waals surface area (Å²) in [5.74, 6) is 0. The number of phosphoric ester groups is 1. The van der Waals surface area contributed by atoms with Crippen LogP contribution < -0.4 is 11.2 Å². The van der Waals surface area contributed by atoms with Crippen LogP contribution >= 0.6 is 15.6 Å². The van der Waals surface area contributed by atoms with Crippen molar-refractivity contribution in [2.75, 3.05) is 6.61 Å². The number of aliphatic hydroxyl groups is 2. The number of phosphoric acid groups is 2. The maximum atomic E-state index is 11.7. The third kappa shape index (κ3) is 5.15. The van der Waals surface area contributed by atoms with E-state index in [1.165, 1.54) is 0 Å². The number of aromatic amines is 1. The van der Waals surface area contributed by atoms with Crippen molar-refractivity contribution in [2.24, 2.45) is 0 Å². The summed E-state index contributed by atoms with van der Waals surface area (Å²) in [5, 5.41) is 19.8. The Morgan fingerprint density at radius 1 is 1.24 bits per heavy atom. The Kier molecular flexibility index (Phi) is 5.81. The van der Waals surface area contributed by atoms with Gasteiger partial charge in [-0.3, -0.25) is 18.9 Å². The lowest BCUT2D eigenvalue weighted by Crippen LogP contribution is -2.37. The first-order valence-electron chi connectivity index (χ1n) is 6.47. The number of H-pyrrole nitrogens is 1. The van der Waals surface area contributed by atoms with Gasteiger partial charge in [0.25, 0.3) is 5.56 Å². The first-order chi connectivity index (χ1) is 11.4. The minimum absolute atomic E-state index is 0. The Morgan fingerprint density at radius 2 is 1.88 bits per heavy atom. The summed E-state index contributed by atoms with van der Waals surface area (Å²) in [7, 11) is -10.5. The molecule has 0 saturated carbocycles. The molecular formula is C9H15N2O12P2+. The van der Waals surface area contributed by atoms with Crippen LogP contribution in [0.1, 0.15) is 7.65 Å². The summed E-state index contributed by atoms with van der Waals surface area (Å²) < 4.78 is 35.6. The van der Waals surface area contributed by atoms with E-state index in [0.29, 0.717) is 0 Å². The zero-order chi connectivity index (χ0) is 19.0. The first-order valence-corrected chi connectivity index (χ1v) is 9.49. The van der Waals surface area contributed by atoms with Crippen LogP contribution in [0.15, 0.2) is 21.9 Å². The van der Waals surface area contributed by atoms with E-state index < -0.39 is 58.0 Å². The van der Waals surface area contributed by atoms with E-state index in [-0.39, 0.29) is 1.43 Å². The molecule has 1 aromatic heterocycles. The molecule has 0 spiro atoms. The number of hydrogen-bond donors (Lipinski definition) is 6. The quantitative estimate of drug-likeness (QED) is 0.271. The molecule has 1 aliphatic heterocycles. The zero-order valence-corrected chi connectivity index (χ0v) is 13.9. The maximum absolute atomic E-state index is 11.7. The molecule has 16 heteroatoms. The summed E-state index contributed by atoms with van der Waals surface area (Å²) in [6, 6.07) is 0.962. The summed E-state index contributed by atoms with van der Waals surface area (Å²) >= 11 is 0. The molecule has 1 unspecified atom stereocenters. The van der Waals surface area contributed by atoms with Crippen molar-refractivity contribution in [3.63, 3.8) is 0 Å². The molecule has 5 atom stereocenters. The topological polar surface area (TPSA) is 218 Å². The van der Waals surface area contributed by atoms with E-state index >= 15 is 0 Å². The van der Waals surface area contributed by atoms with Gasteiger partial charge in [0.05, 0.1) is 6.61 Å². The minimum Gasteiger partial charge on any atom is -0.387 e. The van der Waals surface area contributed by atoms with Gasteiger partial charge in [-0.15, -0.1) is 0 Å². The van der Waals surface area contributed by atoms with Gasteiger partial charge in [0.2, 0.25) is 0 Å². The number of rotatable bonds is 6. The average Bonchev–Trinajstić information content (AvgIpc) is 2.71. The fourth-order valence-electron chi connectivity index (χ4n) is 2.05. The third-order valence-electron chi connectivity index (χ3n) is 3.07. The van der Waals surface area contributed by atoms with Gasteiger partial charge in [-0.2, -0.15) is 4.31 Å². The Hall–Kier alpha value is -1.18. The predicted molar refractivity (Wildman–Crippen MR) is 77.3 cm³/mol. The highest BCUT2D eigenvalue weighted by Crippen LogP contribution is 2.57. The second-order valence-electron chi connectivity index (χ2n) is 4.90. The van der Waals surface area contributed by atoms with E-state index in [9.17, 15) is 28.9 Å². The highest BCUT2D eigenvalue weighted by molar-refractivity contribution is 7.60. The van der Waals surface area contributed by atoms with Crippen molar-refractivity contribution in [1.29, 1.82) is 0 Å². The zero-order valence-electron chi connectivity index (χ0n) is 13.1. The van der Waals surface area contributed by atoms with E-state index in [2.05, 4.69) is 8.83 Å². The molecule has 2 heterocycles. The van der Waals surface area contributed by atoms with Crippen molar-refractivity contribution in [1.82, 2.24) is 9.55 Å². The predicted octanol–water partition coefficient (Wildman–Crippen LogP) is -2.51. The molecule has 25 heavy (non-hydrogen) atoms. The molecule has 1 saturated heterocycles. The Labute approximate surface area is 139 Å². The number of hydrogen-bond acceptors (Lipinski definition) is 9. The molecular weight excluding hydrogens is 390 g/mol. The Morgan fingerprint density at radius 3 is 2.44 bits per heavy atom. The largest absolute Gasteiger partial charge is 1.00 e. The molecule has 0 radical (unpaired) electrons. The van der Waals surface area contributed by atoms with Gasteiger partial charge in [-0.05, 0) is 0 Å². The third-order valence-corrected chi connectivity index (χ3v) is 5.23. The van der Waals surface area contributed by atoms with Crippen LogP contribution in [0.25, 0.3) is 0 Å². The molecule has 1 aromatic rings. The Balaban J connectivity index is 0.00000338. The van der Waals surface area contributed by atoms with Gasteiger partial charge in [0, 0.05) is 12.3 Å². The summed E-state index contributed by atoms with van der Waals surface area (Å²) in [6.07, 6.45) is -5.25. The number of aliphatic hydroxyl groups excluding tert-OH is 2. The van der Waals surface area contributed by atoms with Crippen molar-refractivity contribution < 1.29 is 49.0 Å². The summed E-state index contributed by atoms with van der Waals surface area (Å²) in [4.78, 5) is 50.7. The second kappa shape index (κ2) is 7.21.